The van der Waals surface area contributed by atoms with Crippen molar-refractivity contribution in [2.45, 2.75) is 262 Å². The molecule has 1 amide bonds. The summed E-state index contributed by atoms with van der Waals surface area (Å²) < 4.78 is 11.2. The van der Waals surface area contributed by atoms with Crippen LogP contribution in [0.25, 0.3) is 0 Å². The van der Waals surface area contributed by atoms with Crippen molar-refractivity contribution in [2.24, 2.45) is 0 Å². The molecule has 0 bridgehead atoms. The predicted octanol–water partition coefficient (Wildman–Crippen LogP) is 11.4. The fraction of sp³-hybridized carbons (Fsp3) is 0.827. The lowest BCUT2D eigenvalue weighted by Gasteiger charge is -2.40. The molecule has 356 valence electrons. The first-order chi connectivity index (χ1) is 29.8. The van der Waals surface area contributed by atoms with Gasteiger partial charge in [-0.05, 0) is 70.6 Å². The highest BCUT2D eigenvalue weighted by Crippen LogP contribution is 2.22. The second-order valence-electron chi connectivity index (χ2n) is 17.6. The summed E-state index contributed by atoms with van der Waals surface area (Å²) in [5.74, 6) is -0.196. The van der Waals surface area contributed by atoms with Crippen LogP contribution >= 0.6 is 0 Å². The number of aliphatic hydroxyl groups excluding tert-OH is 5. The van der Waals surface area contributed by atoms with E-state index in [2.05, 4.69) is 55.6 Å². The molecular weight excluding hydrogens is 767 g/mol. The SMILES string of the molecule is CCCCCCCCCC/C=C/CC/C=C/CC/C=C/C(O)C(COC1OC(CO)C(O)C(O)C1O)NC(=O)CCCCCCCCC/C=C\CCCCCCCCCCC. The molecule has 61 heavy (non-hydrogen) atoms. The number of carbonyl (C=O) groups excluding carboxylic acids is 1. The Kier molecular flexibility index (Phi) is 39.5. The van der Waals surface area contributed by atoms with Crippen molar-refractivity contribution in [3.05, 3.63) is 48.6 Å². The van der Waals surface area contributed by atoms with Gasteiger partial charge < -0.3 is 40.3 Å². The van der Waals surface area contributed by atoms with Crippen LogP contribution in [-0.2, 0) is 14.3 Å². The number of allylic oxidation sites excluding steroid dienone is 7. The molecule has 7 atom stereocenters. The van der Waals surface area contributed by atoms with Crippen molar-refractivity contribution in [1.82, 2.24) is 5.32 Å². The van der Waals surface area contributed by atoms with Gasteiger partial charge in [-0.2, -0.15) is 0 Å². The fourth-order valence-corrected chi connectivity index (χ4v) is 7.77. The molecule has 0 aliphatic carbocycles. The van der Waals surface area contributed by atoms with Crippen LogP contribution in [0.4, 0.5) is 0 Å². The van der Waals surface area contributed by atoms with Crippen LogP contribution < -0.4 is 5.32 Å². The standard InChI is InChI=1S/C52H95NO8/c1-3-5-7-9-11-13-15-17-19-21-23-24-26-28-30-32-34-36-38-40-42-48(56)53-45(44-60-52-51(59)50(58)49(57)47(43-54)61-52)46(55)41-39-37-35-33-31-29-27-25-22-20-18-16-14-12-10-8-6-4-2/h22-25,31,33,39,41,45-47,49-52,54-55,57-59H,3-21,26-30,32,34-38,40,42-44H2,1-2H3,(H,53,56)/b24-23-,25-22+,33-31+,41-39+. The van der Waals surface area contributed by atoms with E-state index in [4.69, 9.17) is 9.47 Å². The minimum atomic E-state index is -1.58. The Bertz CT molecular complexity index is 1090. The van der Waals surface area contributed by atoms with E-state index in [1.54, 1.807) is 6.08 Å². The van der Waals surface area contributed by atoms with E-state index in [1.165, 1.54) is 141 Å². The second-order valence-corrected chi connectivity index (χ2v) is 17.6. The third kappa shape index (κ3) is 32.5. The molecule has 6 N–H and O–H groups in total. The Morgan fingerprint density at radius 2 is 0.934 bits per heavy atom. The molecule has 1 fully saturated rings. The smallest absolute Gasteiger partial charge is 0.220 e. The molecule has 0 aromatic carbocycles. The van der Waals surface area contributed by atoms with Crippen molar-refractivity contribution < 1.29 is 39.8 Å². The lowest BCUT2D eigenvalue weighted by Crippen LogP contribution is -2.60. The summed E-state index contributed by atoms with van der Waals surface area (Å²) in [5, 5.41) is 54.3. The zero-order valence-corrected chi connectivity index (χ0v) is 39.2. The van der Waals surface area contributed by atoms with Gasteiger partial charge in [0.2, 0.25) is 5.91 Å². The van der Waals surface area contributed by atoms with E-state index in [-0.39, 0.29) is 12.5 Å². The van der Waals surface area contributed by atoms with E-state index in [0.29, 0.717) is 6.42 Å². The van der Waals surface area contributed by atoms with Crippen molar-refractivity contribution in [1.29, 1.82) is 0 Å². The summed E-state index contributed by atoms with van der Waals surface area (Å²) in [4.78, 5) is 13.0. The minimum Gasteiger partial charge on any atom is -0.394 e. The second kappa shape index (κ2) is 42.1. The molecule has 0 spiro atoms. The number of unbranched alkanes of at least 4 members (excludes halogenated alkanes) is 26. The first kappa shape index (κ1) is 57.2. The van der Waals surface area contributed by atoms with Crippen LogP contribution in [0.5, 0.6) is 0 Å². The maximum atomic E-state index is 13.0. The highest BCUT2D eigenvalue weighted by atomic mass is 16.7. The van der Waals surface area contributed by atoms with Gasteiger partial charge in [0.1, 0.15) is 24.4 Å². The number of carbonyl (C=O) groups is 1. The first-order valence-corrected chi connectivity index (χ1v) is 25.4. The topological polar surface area (TPSA) is 149 Å². The van der Waals surface area contributed by atoms with E-state index in [0.717, 1.165) is 57.8 Å². The number of amides is 1. The van der Waals surface area contributed by atoms with Gasteiger partial charge >= 0.3 is 0 Å². The van der Waals surface area contributed by atoms with Crippen molar-refractivity contribution in [2.75, 3.05) is 13.2 Å². The molecule has 1 rings (SSSR count). The highest BCUT2D eigenvalue weighted by molar-refractivity contribution is 5.76. The van der Waals surface area contributed by atoms with Gasteiger partial charge in [0, 0.05) is 6.42 Å². The minimum absolute atomic E-state index is 0.196. The Labute approximate surface area is 373 Å². The first-order valence-electron chi connectivity index (χ1n) is 25.4. The summed E-state index contributed by atoms with van der Waals surface area (Å²) in [6, 6.07) is -0.830. The molecule has 1 aliphatic heterocycles. The number of nitrogens with one attached hydrogen (secondary N) is 1. The lowest BCUT2D eigenvalue weighted by molar-refractivity contribution is -0.302. The van der Waals surface area contributed by atoms with Crippen LogP contribution in [-0.4, -0.2) is 87.5 Å². The number of hydrogen-bond donors (Lipinski definition) is 6. The van der Waals surface area contributed by atoms with Crippen LogP contribution in [0.3, 0.4) is 0 Å². The summed E-state index contributed by atoms with van der Waals surface area (Å²) in [6.45, 7) is 3.75. The van der Waals surface area contributed by atoms with Gasteiger partial charge in [-0.15, -0.1) is 0 Å². The van der Waals surface area contributed by atoms with Gasteiger partial charge in [0.25, 0.3) is 0 Å². The zero-order chi connectivity index (χ0) is 44.4. The third-order valence-electron chi connectivity index (χ3n) is 11.9. The molecule has 9 nitrogen and oxygen atoms in total. The molecule has 1 aliphatic rings. The normalized spacial score (nSPS) is 20.8. The molecule has 7 unspecified atom stereocenters. The van der Waals surface area contributed by atoms with Crippen LogP contribution in [0.2, 0.25) is 0 Å². The Balaban J connectivity index is 2.35. The van der Waals surface area contributed by atoms with Crippen LogP contribution in [0.15, 0.2) is 48.6 Å². The molecule has 0 saturated carbocycles. The Hall–Kier alpha value is -1.85. The Morgan fingerprint density at radius 3 is 1.38 bits per heavy atom. The summed E-state index contributed by atoms with van der Waals surface area (Å²) in [5.41, 5.74) is 0. The van der Waals surface area contributed by atoms with Crippen molar-refractivity contribution >= 4 is 5.91 Å². The fourth-order valence-electron chi connectivity index (χ4n) is 7.77. The maximum Gasteiger partial charge on any atom is 0.220 e. The van der Waals surface area contributed by atoms with Gasteiger partial charge in [0.05, 0.1) is 25.4 Å². The third-order valence-corrected chi connectivity index (χ3v) is 11.9. The lowest BCUT2D eigenvalue weighted by atomic mass is 9.99. The van der Waals surface area contributed by atoms with E-state index >= 15 is 0 Å². The summed E-state index contributed by atoms with van der Waals surface area (Å²) in [7, 11) is 0. The molecule has 1 heterocycles. The molecular formula is C52H95NO8. The highest BCUT2D eigenvalue weighted by Gasteiger charge is 2.44. The average Bonchev–Trinajstić information content (AvgIpc) is 3.26. The van der Waals surface area contributed by atoms with Gasteiger partial charge in [-0.3, -0.25) is 4.79 Å². The number of ether oxygens (including phenoxy) is 2. The summed E-state index contributed by atoms with van der Waals surface area (Å²) in [6.07, 6.45) is 47.3. The molecule has 1 saturated heterocycles. The van der Waals surface area contributed by atoms with E-state index in [1.807, 2.05) is 6.08 Å². The Morgan fingerprint density at radius 1 is 0.541 bits per heavy atom. The van der Waals surface area contributed by atoms with Crippen LogP contribution in [0.1, 0.15) is 219 Å². The summed E-state index contributed by atoms with van der Waals surface area (Å²) >= 11 is 0. The predicted molar refractivity (Wildman–Crippen MR) is 253 cm³/mol. The van der Waals surface area contributed by atoms with E-state index < -0.39 is 49.5 Å². The largest absolute Gasteiger partial charge is 0.394 e. The maximum absolute atomic E-state index is 13.0. The van der Waals surface area contributed by atoms with Gasteiger partial charge in [-0.1, -0.05) is 191 Å². The molecule has 0 radical (unpaired) electrons. The quantitative estimate of drug-likeness (QED) is 0.0262. The van der Waals surface area contributed by atoms with E-state index in [9.17, 15) is 30.3 Å². The monoisotopic (exact) mass is 862 g/mol. The van der Waals surface area contributed by atoms with Crippen molar-refractivity contribution in [3.63, 3.8) is 0 Å². The molecule has 0 aromatic heterocycles. The van der Waals surface area contributed by atoms with Gasteiger partial charge in [0.15, 0.2) is 6.29 Å². The molecule has 9 heteroatoms. The molecule has 0 aromatic rings. The number of aliphatic hydroxyl groups is 5. The van der Waals surface area contributed by atoms with Crippen LogP contribution in [0, 0.1) is 0 Å². The van der Waals surface area contributed by atoms with Crippen molar-refractivity contribution in [3.8, 4) is 0 Å². The average molecular weight is 862 g/mol. The number of hydrogen-bond acceptors (Lipinski definition) is 8. The van der Waals surface area contributed by atoms with Gasteiger partial charge in [-0.25, -0.2) is 0 Å². The zero-order valence-electron chi connectivity index (χ0n) is 39.2. The number of rotatable bonds is 42.